The lowest BCUT2D eigenvalue weighted by molar-refractivity contribution is -0.384. The number of nitrogens with zero attached hydrogens (tertiary/aromatic N) is 1. The molecule has 0 aliphatic carbocycles. The van der Waals surface area contributed by atoms with Crippen molar-refractivity contribution in [2.75, 3.05) is 0 Å². The third-order valence-electron chi connectivity index (χ3n) is 3.07. The van der Waals surface area contributed by atoms with E-state index >= 15 is 0 Å². The van der Waals surface area contributed by atoms with Crippen molar-refractivity contribution in [2.45, 2.75) is 38.6 Å². The van der Waals surface area contributed by atoms with Gasteiger partial charge in [-0.1, -0.05) is 25.4 Å². The largest absolute Gasteiger partial charge is 0.289 e. The number of nitro benzene ring substituents is 1. The van der Waals surface area contributed by atoms with Crippen molar-refractivity contribution in [1.82, 2.24) is 4.72 Å². The lowest BCUT2D eigenvalue weighted by atomic mass is 10.1. The number of aryl methyl sites for hydroxylation is 1. The van der Waals surface area contributed by atoms with E-state index in [0.29, 0.717) is 5.56 Å². The Hall–Kier alpha value is -1.18. The van der Waals surface area contributed by atoms with Crippen molar-refractivity contribution in [3.63, 3.8) is 0 Å². The standard InChI is InChI=1S/C12H17ClN2O4S/c1-7(2)9(4)14-20(18,19)12-6-11(15(16)17)10(13)5-8(12)3/h5-7,9,14H,1-4H3. The first kappa shape index (κ1) is 16.9. The van der Waals surface area contributed by atoms with Crippen LogP contribution in [0.1, 0.15) is 26.3 Å². The number of nitrogens with one attached hydrogen (secondary N) is 1. The molecule has 8 heteroatoms. The van der Waals surface area contributed by atoms with Gasteiger partial charge >= 0.3 is 0 Å². The van der Waals surface area contributed by atoms with Gasteiger partial charge in [0.05, 0.1) is 9.82 Å². The van der Waals surface area contributed by atoms with Crippen LogP contribution in [0, 0.1) is 23.0 Å². The molecule has 1 atom stereocenters. The van der Waals surface area contributed by atoms with Gasteiger partial charge in [0, 0.05) is 12.1 Å². The van der Waals surface area contributed by atoms with Crippen molar-refractivity contribution in [2.24, 2.45) is 5.92 Å². The van der Waals surface area contributed by atoms with E-state index < -0.39 is 20.6 Å². The Kier molecular flexibility index (Phi) is 5.12. The van der Waals surface area contributed by atoms with Crippen molar-refractivity contribution in [3.05, 3.63) is 32.8 Å². The number of nitro groups is 1. The molecule has 0 amide bonds. The van der Waals surface area contributed by atoms with Crippen molar-refractivity contribution in [3.8, 4) is 0 Å². The summed E-state index contributed by atoms with van der Waals surface area (Å²) in [6.07, 6.45) is 0. The molecule has 0 aliphatic heterocycles. The minimum atomic E-state index is -3.82. The topological polar surface area (TPSA) is 89.3 Å². The van der Waals surface area contributed by atoms with Crippen molar-refractivity contribution >= 4 is 27.3 Å². The fraction of sp³-hybridized carbons (Fsp3) is 0.500. The predicted octanol–water partition coefficient (Wildman–Crippen LogP) is 2.88. The molecule has 1 aromatic carbocycles. The second-order valence-corrected chi connectivity index (χ2v) is 7.07. The van der Waals surface area contributed by atoms with Crippen LogP contribution in [-0.2, 0) is 10.0 Å². The van der Waals surface area contributed by atoms with Crippen LogP contribution in [-0.4, -0.2) is 19.4 Å². The Labute approximate surface area is 123 Å². The zero-order valence-corrected chi connectivity index (χ0v) is 13.2. The summed E-state index contributed by atoms with van der Waals surface area (Å²) < 4.78 is 27.1. The van der Waals surface area contributed by atoms with E-state index in [1.165, 1.54) is 6.07 Å². The SMILES string of the molecule is Cc1cc(Cl)c([N+](=O)[O-])cc1S(=O)(=O)NC(C)C(C)C. The first-order valence-electron chi connectivity index (χ1n) is 6.03. The molecular formula is C12H17ClN2O4S. The average molecular weight is 321 g/mol. The van der Waals surface area contributed by atoms with Gasteiger partial charge in [-0.2, -0.15) is 0 Å². The molecule has 1 N–H and O–H groups in total. The zero-order chi connectivity index (χ0) is 15.7. The monoisotopic (exact) mass is 320 g/mol. The summed E-state index contributed by atoms with van der Waals surface area (Å²) >= 11 is 5.75. The van der Waals surface area contributed by atoms with Crippen LogP contribution in [0.3, 0.4) is 0 Å². The summed E-state index contributed by atoms with van der Waals surface area (Å²) in [6.45, 7) is 7.04. The molecule has 0 heterocycles. The maximum atomic E-state index is 12.3. The fourth-order valence-corrected chi connectivity index (χ4v) is 3.44. The summed E-state index contributed by atoms with van der Waals surface area (Å²) in [7, 11) is -3.82. The third kappa shape index (κ3) is 3.68. The van der Waals surface area contributed by atoms with Gasteiger partial charge in [-0.3, -0.25) is 10.1 Å². The quantitative estimate of drug-likeness (QED) is 0.667. The van der Waals surface area contributed by atoms with Crippen LogP contribution in [0.5, 0.6) is 0 Å². The van der Waals surface area contributed by atoms with Gasteiger partial charge in [0.1, 0.15) is 5.02 Å². The van der Waals surface area contributed by atoms with E-state index in [9.17, 15) is 18.5 Å². The molecule has 1 unspecified atom stereocenters. The molecule has 6 nitrogen and oxygen atoms in total. The highest BCUT2D eigenvalue weighted by Gasteiger charge is 2.25. The van der Waals surface area contributed by atoms with Gasteiger partial charge in [-0.25, -0.2) is 13.1 Å². The van der Waals surface area contributed by atoms with Crippen LogP contribution in [0.15, 0.2) is 17.0 Å². The van der Waals surface area contributed by atoms with Crippen molar-refractivity contribution in [1.29, 1.82) is 0 Å². The average Bonchev–Trinajstić information content (AvgIpc) is 2.26. The molecule has 0 spiro atoms. The number of benzene rings is 1. The molecule has 0 bridgehead atoms. The van der Waals surface area contributed by atoms with E-state index in [1.54, 1.807) is 13.8 Å². The number of rotatable bonds is 5. The molecule has 0 saturated carbocycles. The van der Waals surface area contributed by atoms with E-state index in [0.717, 1.165) is 6.07 Å². The summed E-state index contributed by atoms with van der Waals surface area (Å²) in [5.41, 5.74) is -0.0566. The van der Waals surface area contributed by atoms with E-state index in [1.807, 2.05) is 13.8 Å². The van der Waals surface area contributed by atoms with E-state index in [-0.39, 0.29) is 21.9 Å². The molecule has 0 fully saturated rings. The summed E-state index contributed by atoms with van der Waals surface area (Å²) in [4.78, 5) is 10.0. The smallest absolute Gasteiger partial charge is 0.258 e. The Bertz CT molecular complexity index is 629. The van der Waals surface area contributed by atoms with Crippen LogP contribution in [0.4, 0.5) is 5.69 Å². The van der Waals surface area contributed by atoms with Gasteiger partial charge < -0.3 is 0 Å². The maximum absolute atomic E-state index is 12.3. The van der Waals surface area contributed by atoms with Crippen LogP contribution in [0.25, 0.3) is 0 Å². The van der Waals surface area contributed by atoms with E-state index in [4.69, 9.17) is 11.6 Å². The van der Waals surface area contributed by atoms with Gasteiger partial charge in [-0.05, 0) is 31.4 Å². The van der Waals surface area contributed by atoms with Gasteiger partial charge in [0.25, 0.3) is 5.69 Å². The molecule has 0 aromatic heterocycles. The highest BCUT2D eigenvalue weighted by Crippen LogP contribution is 2.30. The Balaban J connectivity index is 3.32. The maximum Gasteiger partial charge on any atom is 0.289 e. The summed E-state index contributed by atoms with van der Waals surface area (Å²) in [5.74, 6) is 0.104. The van der Waals surface area contributed by atoms with Crippen LogP contribution < -0.4 is 4.72 Å². The number of sulfonamides is 1. The van der Waals surface area contributed by atoms with Gasteiger partial charge in [0.15, 0.2) is 0 Å². The molecular weight excluding hydrogens is 304 g/mol. The Morgan fingerprint density at radius 2 is 1.85 bits per heavy atom. The molecule has 1 aromatic rings. The minimum absolute atomic E-state index is 0.0802. The lowest BCUT2D eigenvalue weighted by Gasteiger charge is -2.18. The predicted molar refractivity (Wildman–Crippen MR) is 77.5 cm³/mol. The zero-order valence-electron chi connectivity index (χ0n) is 11.7. The minimum Gasteiger partial charge on any atom is -0.258 e. The number of halogens is 1. The number of hydrogen-bond donors (Lipinski definition) is 1. The first-order chi connectivity index (χ1) is 9.06. The molecule has 0 radical (unpaired) electrons. The molecule has 0 saturated heterocycles. The molecule has 112 valence electrons. The molecule has 0 aliphatic rings. The van der Waals surface area contributed by atoms with Crippen LogP contribution in [0.2, 0.25) is 5.02 Å². The lowest BCUT2D eigenvalue weighted by Crippen LogP contribution is -2.36. The number of hydrogen-bond acceptors (Lipinski definition) is 4. The van der Waals surface area contributed by atoms with Gasteiger partial charge in [-0.15, -0.1) is 0 Å². The molecule has 20 heavy (non-hydrogen) atoms. The van der Waals surface area contributed by atoms with Gasteiger partial charge in [0.2, 0.25) is 10.0 Å². The highest BCUT2D eigenvalue weighted by atomic mass is 35.5. The summed E-state index contributed by atoms with van der Waals surface area (Å²) in [5, 5.41) is 10.8. The second-order valence-electron chi connectivity index (χ2n) is 4.98. The Morgan fingerprint density at radius 3 is 2.30 bits per heavy atom. The van der Waals surface area contributed by atoms with Crippen molar-refractivity contribution < 1.29 is 13.3 Å². The van der Waals surface area contributed by atoms with Crippen LogP contribution >= 0.6 is 11.6 Å². The normalized spacial score (nSPS) is 13.5. The molecule has 1 rings (SSSR count). The Morgan fingerprint density at radius 1 is 1.30 bits per heavy atom. The third-order valence-corrected chi connectivity index (χ3v) is 5.08. The second kappa shape index (κ2) is 6.07. The van der Waals surface area contributed by atoms with E-state index in [2.05, 4.69) is 4.72 Å². The first-order valence-corrected chi connectivity index (χ1v) is 7.89. The fourth-order valence-electron chi connectivity index (χ4n) is 1.52. The highest BCUT2D eigenvalue weighted by molar-refractivity contribution is 7.89. The summed E-state index contributed by atoms with van der Waals surface area (Å²) in [6, 6.07) is 2.00.